The Morgan fingerprint density at radius 2 is 2.15 bits per heavy atom. The van der Waals surface area contributed by atoms with Crippen LogP contribution in [0.3, 0.4) is 0 Å². The number of rotatable bonds is 5. The summed E-state index contributed by atoms with van der Waals surface area (Å²) in [6.45, 7) is 1.19. The molecule has 2 fully saturated rings. The number of hydrogen-bond acceptors (Lipinski definition) is 3. The molecule has 0 saturated carbocycles. The van der Waals surface area contributed by atoms with E-state index in [2.05, 4.69) is 5.32 Å². The molecule has 2 saturated heterocycles. The summed E-state index contributed by atoms with van der Waals surface area (Å²) in [5.41, 5.74) is -0.454. The first kappa shape index (κ1) is 18.7. The maximum atomic E-state index is 13.0. The number of hydrogen-bond donors (Lipinski definition) is 1. The van der Waals surface area contributed by atoms with Gasteiger partial charge >= 0.3 is 6.18 Å². The fourth-order valence-electron chi connectivity index (χ4n) is 3.33. The van der Waals surface area contributed by atoms with E-state index in [-0.39, 0.29) is 18.4 Å². The number of benzene rings is 1. The summed E-state index contributed by atoms with van der Waals surface area (Å²) in [6, 6.07) is 4.16. The molecule has 1 aromatic rings. The molecule has 0 aromatic heterocycles. The zero-order chi connectivity index (χ0) is 18.7. The van der Waals surface area contributed by atoms with Crippen molar-refractivity contribution in [2.45, 2.75) is 44.0 Å². The number of ether oxygens (including phenoxy) is 1. The third kappa shape index (κ3) is 4.35. The molecule has 2 aliphatic heterocycles. The van der Waals surface area contributed by atoms with Gasteiger partial charge in [-0.1, -0.05) is 12.1 Å². The molecule has 3 rings (SSSR count). The lowest BCUT2D eigenvalue weighted by Gasteiger charge is -2.26. The monoisotopic (exact) mass is 370 g/mol. The van der Waals surface area contributed by atoms with E-state index in [0.717, 1.165) is 18.6 Å². The van der Waals surface area contributed by atoms with E-state index in [9.17, 15) is 22.8 Å². The average molecular weight is 370 g/mol. The van der Waals surface area contributed by atoms with Crippen molar-refractivity contribution in [1.29, 1.82) is 0 Å². The van der Waals surface area contributed by atoms with E-state index in [1.807, 2.05) is 0 Å². The first-order valence-corrected chi connectivity index (χ1v) is 8.71. The van der Waals surface area contributed by atoms with Crippen molar-refractivity contribution in [3.05, 3.63) is 35.4 Å². The van der Waals surface area contributed by atoms with Gasteiger partial charge in [-0.2, -0.15) is 13.2 Å². The summed E-state index contributed by atoms with van der Waals surface area (Å²) in [5, 5.41) is 2.78. The third-order valence-electron chi connectivity index (χ3n) is 4.73. The molecular formula is C18H21F3N2O3. The Bertz CT molecular complexity index is 672. The van der Waals surface area contributed by atoms with Gasteiger partial charge in [0.2, 0.25) is 11.8 Å². The Balaban J connectivity index is 1.81. The Labute approximate surface area is 149 Å². The first-order chi connectivity index (χ1) is 12.3. The van der Waals surface area contributed by atoms with Gasteiger partial charge in [0.05, 0.1) is 11.6 Å². The van der Waals surface area contributed by atoms with E-state index in [1.54, 1.807) is 4.90 Å². The quantitative estimate of drug-likeness (QED) is 0.867. The fraction of sp³-hybridized carbons (Fsp3) is 0.556. The van der Waals surface area contributed by atoms with Gasteiger partial charge in [0.25, 0.3) is 0 Å². The lowest BCUT2D eigenvalue weighted by atomic mass is 10.0. The number of alkyl halides is 3. The maximum Gasteiger partial charge on any atom is 0.416 e. The smallest absolute Gasteiger partial charge is 0.368 e. The molecule has 1 aromatic carbocycles. The summed E-state index contributed by atoms with van der Waals surface area (Å²) in [7, 11) is 0. The second-order valence-corrected chi connectivity index (χ2v) is 6.63. The molecular weight excluding hydrogens is 349 g/mol. The topological polar surface area (TPSA) is 58.6 Å². The lowest BCUT2D eigenvalue weighted by Crippen LogP contribution is -2.42. The normalized spacial score (nSPS) is 21.9. The molecule has 8 heteroatoms. The van der Waals surface area contributed by atoms with E-state index in [4.69, 9.17) is 4.74 Å². The van der Waals surface area contributed by atoms with Crippen LogP contribution in [-0.2, 0) is 20.5 Å². The molecule has 2 aliphatic rings. The van der Waals surface area contributed by atoms with E-state index >= 15 is 0 Å². The molecule has 1 N–H and O–H groups in total. The number of carbonyl (C=O) groups is 2. The molecule has 2 amide bonds. The van der Waals surface area contributed by atoms with Crippen molar-refractivity contribution in [2.24, 2.45) is 0 Å². The van der Waals surface area contributed by atoms with Gasteiger partial charge in [-0.25, -0.2) is 0 Å². The molecule has 0 aliphatic carbocycles. The number of likely N-dealkylation sites (tertiary alicyclic amines) is 1. The molecule has 0 unspecified atom stereocenters. The van der Waals surface area contributed by atoms with Crippen molar-refractivity contribution < 1.29 is 27.5 Å². The summed E-state index contributed by atoms with van der Waals surface area (Å²) < 4.78 is 44.5. The summed E-state index contributed by atoms with van der Waals surface area (Å²) in [5.74, 6) is -0.398. The highest BCUT2D eigenvalue weighted by molar-refractivity contribution is 5.82. The van der Waals surface area contributed by atoms with Gasteiger partial charge < -0.3 is 15.0 Å². The van der Waals surface area contributed by atoms with Crippen LogP contribution in [0.5, 0.6) is 0 Å². The first-order valence-electron chi connectivity index (χ1n) is 8.71. The Morgan fingerprint density at radius 3 is 2.77 bits per heavy atom. The predicted molar refractivity (Wildman–Crippen MR) is 87.1 cm³/mol. The van der Waals surface area contributed by atoms with Crippen molar-refractivity contribution in [1.82, 2.24) is 10.2 Å². The zero-order valence-corrected chi connectivity index (χ0v) is 14.2. The largest absolute Gasteiger partial charge is 0.416 e. The van der Waals surface area contributed by atoms with Crippen LogP contribution in [0, 0.1) is 0 Å². The van der Waals surface area contributed by atoms with Crippen LogP contribution in [0.15, 0.2) is 24.3 Å². The molecule has 0 bridgehead atoms. The average Bonchev–Trinajstić information content (AvgIpc) is 3.26. The van der Waals surface area contributed by atoms with Crippen LogP contribution in [0.1, 0.15) is 42.9 Å². The van der Waals surface area contributed by atoms with Crippen LogP contribution in [0.4, 0.5) is 13.2 Å². The van der Waals surface area contributed by atoms with E-state index in [0.29, 0.717) is 38.0 Å². The van der Waals surface area contributed by atoms with Crippen LogP contribution >= 0.6 is 0 Å². The third-order valence-corrected chi connectivity index (χ3v) is 4.73. The molecule has 2 heterocycles. The predicted octanol–water partition coefficient (Wildman–Crippen LogP) is 2.66. The Hall–Kier alpha value is -2.09. The number of carbonyl (C=O) groups excluding carboxylic acids is 2. The van der Waals surface area contributed by atoms with Crippen LogP contribution in [-0.4, -0.2) is 42.5 Å². The zero-order valence-electron chi connectivity index (χ0n) is 14.2. The molecule has 142 valence electrons. The second-order valence-electron chi connectivity index (χ2n) is 6.63. The highest BCUT2D eigenvalue weighted by Gasteiger charge is 2.33. The molecule has 26 heavy (non-hydrogen) atoms. The van der Waals surface area contributed by atoms with Crippen molar-refractivity contribution in [2.75, 3.05) is 19.7 Å². The Morgan fingerprint density at radius 1 is 1.35 bits per heavy atom. The summed E-state index contributed by atoms with van der Waals surface area (Å²) >= 11 is 0. The standard InChI is InChI=1S/C18H21F3N2O3/c19-18(20,21)13-5-1-4-12(10-13)14(11-23-8-2-7-16(23)24)22-17(25)15-6-3-9-26-15/h1,4-5,10,14-15H,2-3,6-9,11H2,(H,22,25)/t14-,15+/m0/s1. The van der Waals surface area contributed by atoms with Gasteiger partial charge in [-0.3, -0.25) is 9.59 Å². The number of nitrogens with zero attached hydrogens (tertiary/aromatic N) is 1. The van der Waals surface area contributed by atoms with Gasteiger partial charge in [0.1, 0.15) is 6.10 Å². The number of halogens is 3. The minimum absolute atomic E-state index is 0.0478. The molecule has 5 nitrogen and oxygen atoms in total. The van der Waals surface area contributed by atoms with Crippen molar-refractivity contribution in [3.8, 4) is 0 Å². The fourth-order valence-corrected chi connectivity index (χ4v) is 3.33. The number of nitrogens with one attached hydrogen (secondary N) is 1. The van der Waals surface area contributed by atoms with E-state index < -0.39 is 23.9 Å². The van der Waals surface area contributed by atoms with Gasteiger partial charge in [-0.15, -0.1) is 0 Å². The molecule has 0 radical (unpaired) electrons. The molecule has 2 atom stereocenters. The van der Waals surface area contributed by atoms with Crippen LogP contribution < -0.4 is 5.32 Å². The van der Waals surface area contributed by atoms with Crippen molar-refractivity contribution >= 4 is 11.8 Å². The summed E-state index contributed by atoms with van der Waals surface area (Å²) in [6.07, 6.45) is -2.55. The molecule has 0 spiro atoms. The lowest BCUT2D eigenvalue weighted by molar-refractivity contribution is -0.137. The van der Waals surface area contributed by atoms with E-state index in [1.165, 1.54) is 12.1 Å². The minimum Gasteiger partial charge on any atom is -0.368 e. The van der Waals surface area contributed by atoms with Crippen molar-refractivity contribution in [3.63, 3.8) is 0 Å². The Kier molecular flexibility index (Phi) is 5.50. The SMILES string of the molecule is O=C(N[C@@H](CN1CCCC1=O)c1cccc(C(F)(F)F)c1)[C@H]1CCCO1. The minimum atomic E-state index is -4.47. The second kappa shape index (κ2) is 7.65. The van der Waals surface area contributed by atoms with Gasteiger partial charge in [0.15, 0.2) is 0 Å². The summed E-state index contributed by atoms with van der Waals surface area (Å²) in [4.78, 5) is 25.9. The van der Waals surface area contributed by atoms with Gasteiger partial charge in [-0.05, 0) is 37.0 Å². The highest BCUT2D eigenvalue weighted by Crippen LogP contribution is 2.31. The number of amides is 2. The van der Waals surface area contributed by atoms with Crippen LogP contribution in [0.25, 0.3) is 0 Å². The van der Waals surface area contributed by atoms with Crippen LogP contribution in [0.2, 0.25) is 0 Å². The maximum absolute atomic E-state index is 13.0. The highest BCUT2D eigenvalue weighted by atomic mass is 19.4. The van der Waals surface area contributed by atoms with Gasteiger partial charge in [0, 0.05) is 26.1 Å².